The van der Waals surface area contributed by atoms with Crippen molar-refractivity contribution in [1.29, 1.82) is 0 Å². The Labute approximate surface area is 77.3 Å². The van der Waals surface area contributed by atoms with E-state index in [9.17, 15) is 0 Å². The van der Waals surface area contributed by atoms with Gasteiger partial charge in [0.25, 0.3) is 0 Å². The zero-order valence-corrected chi connectivity index (χ0v) is 8.46. The van der Waals surface area contributed by atoms with Crippen molar-refractivity contribution in [3.8, 4) is 0 Å². The van der Waals surface area contributed by atoms with E-state index in [0.29, 0.717) is 6.04 Å². The van der Waals surface area contributed by atoms with E-state index >= 15 is 0 Å². The molecule has 0 atom stereocenters. The fourth-order valence-electron chi connectivity index (χ4n) is 1.34. The molecule has 3 heteroatoms. The third-order valence-corrected chi connectivity index (χ3v) is 3.03. The van der Waals surface area contributed by atoms with E-state index in [1.165, 1.54) is 31.0 Å². The second-order valence-electron chi connectivity index (χ2n) is 2.94. The largest absolute Gasteiger partial charge is 0.328 e. The van der Waals surface area contributed by atoms with E-state index in [-0.39, 0.29) is 12.4 Å². The highest BCUT2D eigenvalue weighted by Crippen LogP contribution is 2.24. The van der Waals surface area contributed by atoms with Gasteiger partial charge in [-0.25, -0.2) is 0 Å². The third-order valence-electron chi connectivity index (χ3n) is 2.11. The van der Waals surface area contributed by atoms with Crippen LogP contribution in [-0.2, 0) is 0 Å². The maximum Gasteiger partial charge on any atom is 0.00596 e. The van der Waals surface area contributed by atoms with Gasteiger partial charge in [-0.15, -0.1) is 12.4 Å². The minimum Gasteiger partial charge on any atom is -0.328 e. The van der Waals surface area contributed by atoms with Gasteiger partial charge in [0.15, 0.2) is 0 Å². The van der Waals surface area contributed by atoms with E-state index in [2.05, 4.69) is 15.9 Å². The van der Waals surface area contributed by atoms with E-state index in [4.69, 9.17) is 5.73 Å². The van der Waals surface area contributed by atoms with Crippen LogP contribution in [0.3, 0.4) is 0 Å². The van der Waals surface area contributed by atoms with Crippen molar-refractivity contribution in [1.82, 2.24) is 0 Å². The zero-order chi connectivity index (χ0) is 6.69. The molecule has 10 heavy (non-hydrogen) atoms. The normalized spacial score (nSPS) is 33.0. The van der Waals surface area contributed by atoms with Crippen molar-refractivity contribution in [2.45, 2.75) is 31.7 Å². The first kappa shape index (κ1) is 10.7. The summed E-state index contributed by atoms with van der Waals surface area (Å²) in [6.07, 6.45) is 5.12. The molecule has 0 unspecified atom stereocenters. The molecule has 0 bridgehead atoms. The van der Waals surface area contributed by atoms with Crippen LogP contribution in [0.5, 0.6) is 0 Å². The van der Waals surface area contributed by atoms with Crippen molar-refractivity contribution in [3.63, 3.8) is 0 Å². The summed E-state index contributed by atoms with van der Waals surface area (Å²) in [5.41, 5.74) is 5.74. The Hall–Kier alpha value is 0.730. The SMILES string of the molecule is Cl.NC1CCC(CBr)CC1. The molecule has 62 valence electrons. The van der Waals surface area contributed by atoms with Crippen LogP contribution in [0.15, 0.2) is 0 Å². The first-order valence-corrected chi connectivity index (χ1v) is 4.76. The Bertz CT molecular complexity index is 81.7. The maximum atomic E-state index is 5.74. The molecule has 0 aromatic heterocycles. The molecule has 0 spiro atoms. The maximum absolute atomic E-state index is 5.74. The van der Waals surface area contributed by atoms with Crippen molar-refractivity contribution in [2.24, 2.45) is 11.7 Å². The van der Waals surface area contributed by atoms with Gasteiger partial charge < -0.3 is 5.73 Å². The van der Waals surface area contributed by atoms with Crippen LogP contribution in [0.25, 0.3) is 0 Å². The van der Waals surface area contributed by atoms with E-state index in [1.807, 2.05) is 0 Å². The molecule has 0 aromatic carbocycles. The Morgan fingerprint density at radius 1 is 1.20 bits per heavy atom. The molecule has 0 heterocycles. The molecule has 0 radical (unpaired) electrons. The lowest BCUT2D eigenvalue weighted by Crippen LogP contribution is -2.26. The number of hydrogen-bond donors (Lipinski definition) is 1. The molecular weight excluding hydrogens is 213 g/mol. The predicted octanol–water partition coefficient (Wildman–Crippen LogP) is 2.32. The van der Waals surface area contributed by atoms with Crippen molar-refractivity contribution < 1.29 is 0 Å². The van der Waals surface area contributed by atoms with Crippen molar-refractivity contribution >= 4 is 28.3 Å². The summed E-state index contributed by atoms with van der Waals surface area (Å²) in [4.78, 5) is 0. The highest BCUT2D eigenvalue weighted by molar-refractivity contribution is 9.09. The van der Waals surface area contributed by atoms with Crippen LogP contribution < -0.4 is 5.73 Å². The number of rotatable bonds is 1. The average molecular weight is 229 g/mol. The van der Waals surface area contributed by atoms with Crippen LogP contribution in [0.2, 0.25) is 0 Å². The summed E-state index contributed by atoms with van der Waals surface area (Å²) >= 11 is 3.49. The molecule has 1 fully saturated rings. The van der Waals surface area contributed by atoms with Gasteiger partial charge >= 0.3 is 0 Å². The van der Waals surface area contributed by atoms with Gasteiger partial charge in [0, 0.05) is 11.4 Å². The Balaban J connectivity index is 0.000000810. The quantitative estimate of drug-likeness (QED) is 0.685. The monoisotopic (exact) mass is 227 g/mol. The highest BCUT2D eigenvalue weighted by atomic mass is 79.9. The van der Waals surface area contributed by atoms with Gasteiger partial charge in [0.2, 0.25) is 0 Å². The fraction of sp³-hybridized carbons (Fsp3) is 1.00. The summed E-state index contributed by atoms with van der Waals surface area (Å²) in [5.74, 6) is 0.907. The van der Waals surface area contributed by atoms with Crippen molar-refractivity contribution in [2.75, 3.05) is 5.33 Å². The first-order valence-electron chi connectivity index (χ1n) is 3.64. The lowest BCUT2D eigenvalue weighted by molar-refractivity contribution is 0.354. The lowest BCUT2D eigenvalue weighted by atomic mass is 9.88. The van der Waals surface area contributed by atoms with Gasteiger partial charge in [-0.3, -0.25) is 0 Å². The Morgan fingerprint density at radius 2 is 1.70 bits per heavy atom. The molecular formula is C7H15BrClN. The third kappa shape index (κ3) is 3.22. The van der Waals surface area contributed by atoms with Crippen LogP contribution in [0.1, 0.15) is 25.7 Å². The van der Waals surface area contributed by atoms with Crippen LogP contribution in [0, 0.1) is 5.92 Å². The molecule has 0 amide bonds. The van der Waals surface area contributed by atoms with Crippen LogP contribution in [0.4, 0.5) is 0 Å². The molecule has 1 aliphatic rings. The number of hydrogen-bond acceptors (Lipinski definition) is 1. The van der Waals surface area contributed by atoms with E-state index < -0.39 is 0 Å². The van der Waals surface area contributed by atoms with Gasteiger partial charge in [-0.05, 0) is 31.6 Å². The average Bonchev–Trinajstić information content (AvgIpc) is 1.90. The Morgan fingerprint density at radius 3 is 2.10 bits per heavy atom. The highest BCUT2D eigenvalue weighted by Gasteiger charge is 2.16. The summed E-state index contributed by atoms with van der Waals surface area (Å²) in [7, 11) is 0. The molecule has 2 N–H and O–H groups in total. The molecule has 0 aliphatic heterocycles. The topological polar surface area (TPSA) is 26.0 Å². The summed E-state index contributed by atoms with van der Waals surface area (Å²) in [6.45, 7) is 0. The summed E-state index contributed by atoms with van der Waals surface area (Å²) in [5, 5.41) is 1.17. The fourth-order valence-corrected chi connectivity index (χ4v) is 1.99. The Kier molecular flexibility index (Phi) is 5.78. The van der Waals surface area contributed by atoms with E-state index in [0.717, 1.165) is 5.92 Å². The molecule has 1 saturated carbocycles. The number of nitrogens with two attached hydrogens (primary N) is 1. The smallest absolute Gasteiger partial charge is 0.00596 e. The number of alkyl halides is 1. The van der Waals surface area contributed by atoms with Gasteiger partial charge in [-0.1, -0.05) is 15.9 Å². The molecule has 1 aliphatic carbocycles. The number of halogens is 2. The van der Waals surface area contributed by atoms with Crippen molar-refractivity contribution in [3.05, 3.63) is 0 Å². The predicted molar refractivity (Wildman–Crippen MR) is 51.0 cm³/mol. The summed E-state index contributed by atoms with van der Waals surface area (Å²) in [6, 6.07) is 0.500. The summed E-state index contributed by atoms with van der Waals surface area (Å²) < 4.78 is 0. The minimum absolute atomic E-state index is 0. The molecule has 0 saturated heterocycles. The molecule has 1 rings (SSSR count). The lowest BCUT2D eigenvalue weighted by Gasteiger charge is -2.23. The van der Waals surface area contributed by atoms with Crippen LogP contribution >= 0.6 is 28.3 Å². The first-order chi connectivity index (χ1) is 4.33. The standard InChI is InChI=1S/C7H14BrN.ClH/c8-5-6-1-3-7(9)4-2-6;/h6-7H,1-5,9H2;1H. The second-order valence-corrected chi connectivity index (χ2v) is 3.58. The minimum atomic E-state index is 0. The van der Waals surface area contributed by atoms with Gasteiger partial charge in [-0.2, -0.15) is 0 Å². The molecule has 0 aromatic rings. The van der Waals surface area contributed by atoms with Crippen LogP contribution in [-0.4, -0.2) is 11.4 Å². The van der Waals surface area contributed by atoms with Gasteiger partial charge in [0.1, 0.15) is 0 Å². The second kappa shape index (κ2) is 5.39. The van der Waals surface area contributed by atoms with Gasteiger partial charge in [0.05, 0.1) is 0 Å². The molecule has 1 nitrogen and oxygen atoms in total. The van der Waals surface area contributed by atoms with E-state index in [1.54, 1.807) is 0 Å². The zero-order valence-electron chi connectivity index (χ0n) is 6.05.